The lowest BCUT2D eigenvalue weighted by molar-refractivity contribution is -0.359. The highest BCUT2D eigenvalue weighted by molar-refractivity contribution is 5.76. The van der Waals surface area contributed by atoms with Crippen LogP contribution in [0.2, 0.25) is 0 Å². The molecule has 81 heavy (non-hydrogen) atoms. The molecular formula is C67H115NO13. The third-order valence-corrected chi connectivity index (χ3v) is 15.0. The van der Waals surface area contributed by atoms with Gasteiger partial charge in [-0.1, -0.05) is 233 Å². The Morgan fingerprint density at radius 3 is 1.36 bits per heavy atom. The van der Waals surface area contributed by atoms with Crippen LogP contribution >= 0.6 is 0 Å². The van der Waals surface area contributed by atoms with E-state index in [9.17, 15) is 45.6 Å². The largest absolute Gasteiger partial charge is 0.394 e. The number of amides is 1. The molecule has 12 unspecified atom stereocenters. The fourth-order valence-corrected chi connectivity index (χ4v) is 9.90. The zero-order chi connectivity index (χ0) is 58.8. The number of carbonyl (C=O) groups is 1. The van der Waals surface area contributed by atoms with E-state index < -0.39 is 86.8 Å². The first kappa shape index (κ1) is 74.0. The van der Waals surface area contributed by atoms with Gasteiger partial charge in [0, 0.05) is 6.42 Å². The Bertz CT molecular complexity index is 1730. The number of aliphatic hydroxyl groups excluding tert-OH is 8. The van der Waals surface area contributed by atoms with Gasteiger partial charge in [0.15, 0.2) is 12.6 Å². The third-order valence-electron chi connectivity index (χ3n) is 15.0. The Labute approximate surface area is 490 Å². The number of nitrogens with one attached hydrogen (secondary N) is 1. The summed E-state index contributed by atoms with van der Waals surface area (Å²) in [5.74, 6) is -0.254. The van der Waals surface area contributed by atoms with Gasteiger partial charge in [-0.3, -0.25) is 4.79 Å². The number of hydrogen-bond donors (Lipinski definition) is 9. The van der Waals surface area contributed by atoms with E-state index in [1.54, 1.807) is 6.08 Å². The normalized spacial score (nSPS) is 24.8. The van der Waals surface area contributed by atoms with Gasteiger partial charge in [-0.15, -0.1) is 0 Å². The number of aliphatic hydroxyl groups is 8. The van der Waals surface area contributed by atoms with E-state index >= 15 is 0 Å². The van der Waals surface area contributed by atoms with E-state index in [2.05, 4.69) is 104 Å². The molecule has 2 aliphatic rings. The minimum Gasteiger partial charge on any atom is -0.394 e. The zero-order valence-electron chi connectivity index (χ0n) is 50.2. The van der Waals surface area contributed by atoms with Crippen molar-refractivity contribution in [1.82, 2.24) is 5.32 Å². The van der Waals surface area contributed by atoms with Crippen LogP contribution in [0, 0.1) is 0 Å². The van der Waals surface area contributed by atoms with E-state index in [-0.39, 0.29) is 18.9 Å². The van der Waals surface area contributed by atoms with Crippen LogP contribution in [0.3, 0.4) is 0 Å². The molecule has 14 heteroatoms. The van der Waals surface area contributed by atoms with Crippen molar-refractivity contribution in [3.05, 3.63) is 97.2 Å². The van der Waals surface area contributed by atoms with E-state index in [0.29, 0.717) is 12.8 Å². The molecular weight excluding hydrogens is 1030 g/mol. The van der Waals surface area contributed by atoms with Crippen LogP contribution in [-0.4, -0.2) is 140 Å². The van der Waals surface area contributed by atoms with Crippen LogP contribution in [0.4, 0.5) is 0 Å². The minimum atomic E-state index is -1.79. The van der Waals surface area contributed by atoms with Gasteiger partial charge in [-0.2, -0.15) is 0 Å². The lowest BCUT2D eigenvalue weighted by Gasteiger charge is -2.46. The van der Waals surface area contributed by atoms with Gasteiger partial charge >= 0.3 is 0 Å². The number of ether oxygens (including phenoxy) is 4. The molecule has 1 amide bonds. The predicted octanol–water partition coefficient (Wildman–Crippen LogP) is 11.8. The fourth-order valence-electron chi connectivity index (χ4n) is 9.90. The summed E-state index contributed by atoms with van der Waals surface area (Å²) in [6.07, 6.45) is 54.6. The standard InChI is InChI=1S/C67H115NO13/c1-3-5-7-9-11-13-15-17-19-20-21-22-23-24-25-26-27-28-29-30-31-32-33-34-35-36-37-39-41-43-45-47-49-51-59(72)68-55(56(71)50-48-46-44-42-40-38-18-16-14-12-10-8-6-4-2)54-78-66-64(77)62(75)65(58(53-70)80-66)81-67-63(76)61(74)60(73)57(52-69)79-67/h5,7,11,13,17,19,21-22,24-25,27-28,40,42,48,50,55-58,60-67,69-71,73-77H,3-4,6,8-10,12,14-16,18,20,23,26,29-39,41,43-47,49,51-54H2,1-2H3,(H,68,72)/b7-5-,13-11-,19-17-,22-21-,25-24-,28-27-,42-40+,50-48+. The number of unbranched alkanes of at least 4 members (excludes halogenated alkanes) is 23. The first-order chi connectivity index (χ1) is 39.6. The monoisotopic (exact) mass is 1140 g/mol. The van der Waals surface area contributed by atoms with Crippen LogP contribution in [0.15, 0.2) is 97.2 Å². The maximum atomic E-state index is 13.3. The maximum absolute atomic E-state index is 13.3. The Morgan fingerprint density at radius 1 is 0.457 bits per heavy atom. The molecule has 9 N–H and O–H groups in total. The highest BCUT2D eigenvalue weighted by atomic mass is 16.7. The Kier molecular flexibility index (Phi) is 46.9. The molecule has 14 nitrogen and oxygen atoms in total. The molecule has 0 aliphatic carbocycles. The van der Waals surface area contributed by atoms with Crippen molar-refractivity contribution in [3.63, 3.8) is 0 Å². The average molecular weight is 1140 g/mol. The van der Waals surface area contributed by atoms with Crippen molar-refractivity contribution < 1.29 is 64.6 Å². The second kappa shape index (κ2) is 51.3. The van der Waals surface area contributed by atoms with Crippen molar-refractivity contribution >= 4 is 5.91 Å². The first-order valence-electron chi connectivity index (χ1n) is 32.0. The summed E-state index contributed by atoms with van der Waals surface area (Å²) in [6.45, 7) is 2.65. The fraction of sp³-hybridized carbons (Fsp3) is 0.746. The second-order valence-corrected chi connectivity index (χ2v) is 22.1. The number of hydrogen-bond acceptors (Lipinski definition) is 13. The Hall–Kier alpha value is -3.09. The lowest BCUT2D eigenvalue weighted by atomic mass is 9.97. The molecule has 0 radical (unpaired) electrons. The van der Waals surface area contributed by atoms with Gasteiger partial charge in [0.25, 0.3) is 0 Å². The van der Waals surface area contributed by atoms with Gasteiger partial charge in [-0.05, 0) is 83.5 Å². The van der Waals surface area contributed by atoms with E-state index in [0.717, 1.165) is 70.6 Å². The summed E-state index contributed by atoms with van der Waals surface area (Å²) >= 11 is 0. The van der Waals surface area contributed by atoms with E-state index in [1.807, 2.05) is 6.08 Å². The quantitative estimate of drug-likeness (QED) is 0.0204. The summed E-state index contributed by atoms with van der Waals surface area (Å²) in [4.78, 5) is 13.3. The van der Waals surface area contributed by atoms with Crippen molar-refractivity contribution in [2.75, 3.05) is 19.8 Å². The topological polar surface area (TPSA) is 228 Å². The second-order valence-electron chi connectivity index (χ2n) is 22.1. The van der Waals surface area contributed by atoms with Crippen molar-refractivity contribution in [3.8, 4) is 0 Å². The summed E-state index contributed by atoms with van der Waals surface area (Å²) < 4.78 is 22.8. The average Bonchev–Trinajstić information content (AvgIpc) is 3.47. The molecule has 12 atom stereocenters. The SMILES string of the molecule is CC/C=C\C/C=C\C/C=C\C/C=C\C/C=C\C/C=C\CCCCCCCCCCCCCCCCC(=O)NC(COC1OC(CO)C(OC2OC(CO)C(O)C(O)C2O)C(O)C1O)C(O)/C=C/CC/C=C/CCCCCCCCCC. The lowest BCUT2D eigenvalue weighted by Crippen LogP contribution is -2.65. The molecule has 466 valence electrons. The molecule has 2 fully saturated rings. The number of carbonyl (C=O) groups excluding carboxylic acids is 1. The van der Waals surface area contributed by atoms with Gasteiger partial charge in [0.1, 0.15) is 48.8 Å². The molecule has 2 rings (SSSR count). The molecule has 0 aromatic rings. The molecule has 0 spiro atoms. The van der Waals surface area contributed by atoms with E-state index in [4.69, 9.17) is 18.9 Å². The predicted molar refractivity (Wildman–Crippen MR) is 327 cm³/mol. The summed E-state index contributed by atoms with van der Waals surface area (Å²) in [5, 5.41) is 87.1. The summed E-state index contributed by atoms with van der Waals surface area (Å²) in [7, 11) is 0. The van der Waals surface area contributed by atoms with E-state index in [1.165, 1.54) is 122 Å². The van der Waals surface area contributed by atoms with Crippen LogP contribution < -0.4 is 5.32 Å². The smallest absolute Gasteiger partial charge is 0.220 e. The molecule has 0 aromatic carbocycles. The Morgan fingerprint density at radius 2 is 0.864 bits per heavy atom. The number of allylic oxidation sites excluding steroid dienone is 15. The summed E-state index contributed by atoms with van der Waals surface area (Å²) in [5.41, 5.74) is 0. The van der Waals surface area contributed by atoms with Crippen molar-refractivity contribution in [2.24, 2.45) is 0 Å². The zero-order valence-corrected chi connectivity index (χ0v) is 50.2. The van der Waals surface area contributed by atoms with Gasteiger partial charge < -0.3 is 65.1 Å². The molecule has 0 saturated carbocycles. The molecule has 0 aromatic heterocycles. The third kappa shape index (κ3) is 36.4. The van der Waals surface area contributed by atoms with Crippen LogP contribution in [0.1, 0.15) is 226 Å². The minimum absolute atomic E-state index is 0.254. The van der Waals surface area contributed by atoms with Gasteiger partial charge in [0.05, 0.1) is 32.0 Å². The van der Waals surface area contributed by atoms with Gasteiger partial charge in [0.2, 0.25) is 5.91 Å². The molecule has 2 aliphatic heterocycles. The highest BCUT2D eigenvalue weighted by Crippen LogP contribution is 2.30. The molecule has 0 bridgehead atoms. The summed E-state index contributed by atoms with van der Waals surface area (Å²) in [6, 6.07) is -0.936. The van der Waals surface area contributed by atoms with Gasteiger partial charge in [-0.25, -0.2) is 0 Å². The van der Waals surface area contributed by atoms with Crippen LogP contribution in [-0.2, 0) is 23.7 Å². The molecule has 2 saturated heterocycles. The molecule has 2 heterocycles. The van der Waals surface area contributed by atoms with Crippen molar-refractivity contribution in [1.29, 1.82) is 0 Å². The maximum Gasteiger partial charge on any atom is 0.220 e. The van der Waals surface area contributed by atoms with Crippen molar-refractivity contribution in [2.45, 2.75) is 299 Å². The number of rotatable bonds is 50. The highest BCUT2D eigenvalue weighted by Gasteiger charge is 2.51. The van der Waals surface area contributed by atoms with Crippen LogP contribution in [0.25, 0.3) is 0 Å². The van der Waals surface area contributed by atoms with Crippen LogP contribution in [0.5, 0.6) is 0 Å². The first-order valence-corrected chi connectivity index (χ1v) is 32.0. The Balaban J connectivity index is 1.66.